The number of halogens is 1. The minimum atomic E-state index is 0.354. The van der Waals surface area contributed by atoms with E-state index in [0.29, 0.717) is 19.1 Å². The summed E-state index contributed by atoms with van der Waals surface area (Å²) in [5.74, 6) is 7.08. The van der Waals surface area contributed by atoms with Crippen molar-refractivity contribution in [2.24, 2.45) is 0 Å². The average Bonchev–Trinajstić information content (AvgIpc) is 2.42. The third-order valence-corrected chi connectivity index (χ3v) is 2.76. The molecule has 2 nitrogen and oxygen atoms in total. The quantitative estimate of drug-likeness (QED) is 0.430. The molecule has 0 aliphatic heterocycles. The van der Waals surface area contributed by atoms with Crippen LogP contribution in [0.5, 0.6) is 5.75 Å². The number of aryl methyl sites for hydroxylation is 1. The Kier molecular flexibility index (Phi) is 8.13. The van der Waals surface area contributed by atoms with Gasteiger partial charge in [-0.2, -0.15) is 0 Å². The number of rotatable bonds is 7. The van der Waals surface area contributed by atoms with Gasteiger partial charge in [0.1, 0.15) is 12.4 Å². The molecule has 0 saturated carbocycles. The summed E-state index contributed by atoms with van der Waals surface area (Å²) in [6, 6.07) is 5.88. The standard InChI is InChI=1S/C16H21ClO2/c1-3-4-10-18-11-12-19-16-8-7-15(6-5-9-17)14(2)13-16/h7-8,13H,3-4,9-12H2,1-2H3. The van der Waals surface area contributed by atoms with E-state index in [-0.39, 0.29) is 0 Å². The van der Waals surface area contributed by atoms with E-state index >= 15 is 0 Å². The first-order valence-electron chi connectivity index (χ1n) is 6.64. The Bertz CT molecular complexity index is 432. The van der Waals surface area contributed by atoms with E-state index < -0.39 is 0 Å². The third-order valence-electron chi connectivity index (χ3n) is 2.63. The van der Waals surface area contributed by atoms with Gasteiger partial charge in [0.25, 0.3) is 0 Å². The highest BCUT2D eigenvalue weighted by Gasteiger charge is 1.99. The predicted octanol–water partition coefficient (Wildman–Crippen LogP) is 3.78. The van der Waals surface area contributed by atoms with E-state index in [1.165, 1.54) is 0 Å². The van der Waals surface area contributed by atoms with Crippen molar-refractivity contribution in [3.8, 4) is 17.6 Å². The fourth-order valence-corrected chi connectivity index (χ4v) is 1.63. The van der Waals surface area contributed by atoms with Crippen molar-refractivity contribution in [1.82, 2.24) is 0 Å². The Hall–Kier alpha value is -1.17. The molecule has 0 aromatic heterocycles. The second-order valence-corrected chi connectivity index (χ2v) is 4.49. The molecule has 0 bridgehead atoms. The van der Waals surface area contributed by atoms with Crippen LogP contribution in [0.3, 0.4) is 0 Å². The highest BCUT2D eigenvalue weighted by atomic mass is 35.5. The summed E-state index contributed by atoms with van der Waals surface area (Å²) in [5, 5.41) is 0. The van der Waals surface area contributed by atoms with Crippen LogP contribution < -0.4 is 4.74 Å². The van der Waals surface area contributed by atoms with Crippen molar-refractivity contribution in [3.63, 3.8) is 0 Å². The van der Waals surface area contributed by atoms with Crippen LogP contribution in [0.25, 0.3) is 0 Å². The van der Waals surface area contributed by atoms with Gasteiger partial charge in [-0.25, -0.2) is 0 Å². The molecule has 19 heavy (non-hydrogen) atoms. The van der Waals surface area contributed by atoms with E-state index in [4.69, 9.17) is 21.1 Å². The monoisotopic (exact) mass is 280 g/mol. The predicted molar refractivity (Wildman–Crippen MR) is 80.0 cm³/mol. The minimum absolute atomic E-state index is 0.354. The highest BCUT2D eigenvalue weighted by molar-refractivity contribution is 6.19. The number of ether oxygens (including phenoxy) is 2. The molecule has 1 aromatic rings. The maximum Gasteiger partial charge on any atom is 0.119 e. The van der Waals surface area contributed by atoms with Crippen molar-refractivity contribution in [2.75, 3.05) is 25.7 Å². The molecule has 1 aromatic carbocycles. The summed E-state index contributed by atoms with van der Waals surface area (Å²) in [7, 11) is 0. The molecule has 104 valence electrons. The number of unbranched alkanes of at least 4 members (excludes halogenated alkanes) is 1. The Labute approximate surface area is 121 Å². The van der Waals surface area contributed by atoms with Gasteiger partial charge in [0, 0.05) is 12.2 Å². The van der Waals surface area contributed by atoms with E-state index in [2.05, 4.69) is 18.8 Å². The summed E-state index contributed by atoms with van der Waals surface area (Å²) >= 11 is 5.54. The Morgan fingerprint density at radius 1 is 1.21 bits per heavy atom. The van der Waals surface area contributed by atoms with Gasteiger partial charge in [-0.3, -0.25) is 0 Å². The first-order valence-corrected chi connectivity index (χ1v) is 7.17. The molecule has 0 N–H and O–H groups in total. The van der Waals surface area contributed by atoms with Gasteiger partial charge in [0.2, 0.25) is 0 Å². The molecule has 0 aliphatic rings. The lowest BCUT2D eigenvalue weighted by atomic mass is 10.1. The molecule has 0 aliphatic carbocycles. The van der Waals surface area contributed by atoms with Crippen LogP contribution in [0.2, 0.25) is 0 Å². The zero-order valence-electron chi connectivity index (χ0n) is 11.7. The molecule has 1 rings (SSSR count). The number of benzene rings is 1. The Morgan fingerprint density at radius 2 is 2.05 bits per heavy atom. The zero-order chi connectivity index (χ0) is 13.9. The smallest absolute Gasteiger partial charge is 0.119 e. The Morgan fingerprint density at radius 3 is 2.74 bits per heavy atom. The van der Waals surface area contributed by atoms with E-state index in [0.717, 1.165) is 36.3 Å². The molecule has 0 radical (unpaired) electrons. The van der Waals surface area contributed by atoms with Crippen LogP contribution in [-0.2, 0) is 4.74 Å². The van der Waals surface area contributed by atoms with Crippen molar-refractivity contribution < 1.29 is 9.47 Å². The number of hydrogen-bond acceptors (Lipinski definition) is 2. The molecular weight excluding hydrogens is 260 g/mol. The summed E-state index contributed by atoms with van der Waals surface area (Å²) in [4.78, 5) is 0. The van der Waals surface area contributed by atoms with Gasteiger partial charge >= 0.3 is 0 Å². The molecule has 0 spiro atoms. The molecule has 0 saturated heterocycles. The highest BCUT2D eigenvalue weighted by Crippen LogP contribution is 2.16. The van der Waals surface area contributed by atoms with Gasteiger partial charge in [-0.1, -0.05) is 25.2 Å². The van der Waals surface area contributed by atoms with E-state index in [1.807, 2.05) is 25.1 Å². The Balaban J connectivity index is 2.37. The summed E-state index contributed by atoms with van der Waals surface area (Å²) < 4.78 is 11.1. The topological polar surface area (TPSA) is 18.5 Å². The van der Waals surface area contributed by atoms with Gasteiger partial charge < -0.3 is 9.47 Å². The van der Waals surface area contributed by atoms with Crippen LogP contribution in [0.4, 0.5) is 0 Å². The van der Waals surface area contributed by atoms with Crippen LogP contribution in [0.15, 0.2) is 18.2 Å². The van der Waals surface area contributed by atoms with Gasteiger partial charge in [-0.15, -0.1) is 11.6 Å². The SMILES string of the molecule is CCCCOCCOc1ccc(C#CCCl)c(C)c1. The third kappa shape index (κ3) is 6.52. The second-order valence-electron chi connectivity index (χ2n) is 4.23. The maximum absolute atomic E-state index is 5.63. The molecular formula is C16H21ClO2. The van der Waals surface area contributed by atoms with Crippen LogP contribution in [0, 0.1) is 18.8 Å². The fraction of sp³-hybridized carbons (Fsp3) is 0.500. The van der Waals surface area contributed by atoms with E-state index in [1.54, 1.807) is 0 Å². The lowest BCUT2D eigenvalue weighted by Crippen LogP contribution is -2.07. The van der Waals surface area contributed by atoms with Crippen molar-refractivity contribution in [2.45, 2.75) is 26.7 Å². The molecule has 0 heterocycles. The first-order chi connectivity index (χ1) is 9.27. The van der Waals surface area contributed by atoms with Crippen LogP contribution in [-0.4, -0.2) is 25.7 Å². The molecule has 0 amide bonds. The first kappa shape index (κ1) is 15.9. The lowest BCUT2D eigenvalue weighted by molar-refractivity contribution is 0.0980. The fourth-order valence-electron chi connectivity index (χ4n) is 1.56. The average molecular weight is 281 g/mol. The van der Waals surface area contributed by atoms with Gasteiger partial charge in [0.15, 0.2) is 0 Å². The summed E-state index contributed by atoms with van der Waals surface area (Å²) in [6.07, 6.45) is 2.26. The minimum Gasteiger partial charge on any atom is -0.491 e. The molecule has 0 unspecified atom stereocenters. The lowest BCUT2D eigenvalue weighted by Gasteiger charge is -2.08. The molecule has 0 atom stereocenters. The van der Waals surface area contributed by atoms with Crippen molar-refractivity contribution in [3.05, 3.63) is 29.3 Å². The normalized spacial score (nSPS) is 9.84. The maximum atomic E-state index is 5.63. The zero-order valence-corrected chi connectivity index (χ0v) is 12.4. The van der Waals surface area contributed by atoms with Gasteiger partial charge in [0.05, 0.1) is 12.5 Å². The number of alkyl halides is 1. The molecule has 0 fully saturated rings. The van der Waals surface area contributed by atoms with Crippen LogP contribution >= 0.6 is 11.6 Å². The second kappa shape index (κ2) is 9.72. The van der Waals surface area contributed by atoms with Gasteiger partial charge in [-0.05, 0) is 37.1 Å². The van der Waals surface area contributed by atoms with E-state index in [9.17, 15) is 0 Å². The van der Waals surface area contributed by atoms with Crippen LogP contribution in [0.1, 0.15) is 30.9 Å². The summed E-state index contributed by atoms with van der Waals surface area (Å²) in [6.45, 7) is 6.19. The molecule has 3 heteroatoms. The summed E-state index contributed by atoms with van der Waals surface area (Å²) in [5.41, 5.74) is 2.09. The number of hydrogen-bond donors (Lipinski definition) is 0. The van der Waals surface area contributed by atoms with Crippen molar-refractivity contribution >= 4 is 11.6 Å². The van der Waals surface area contributed by atoms with Crippen molar-refractivity contribution in [1.29, 1.82) is 0 Å². The largest absolute Gasteiger partial charge is 0.491 e.